The van der Waals surface area contributed by atoms with Crippen molar-refractivity contribution in [2.24, 2.45) is 5.92 Å². The van der Waals surface area contributed by atoms with Gasteiger partial charge >= 0.3 is 0 Å². The van der Waals surface area contributed by atoms with Gasteiger partial charge in [-0.25, -0.2) is 0 Å². The topological polar surface area (TPSA) is 40.6 Å². The van der Waals surface area contributed by atoms with E-state index in [4.69, 9.17) is 0 Å². The molecule has 0 atom stereocenters. The van der Waals surface area contributed by atoms with Crippen LogP contribution in [0.4, 0.5) is 0 Å². The van der Waals surface area contributed by atoms with Crippen LogP contribution < -0.4 is 0 Å². The van der Waals surface area contributed by atoms with E-state index in [2.05, 4.69) is 36.1 Å². The second-order valence-corrected chi connectivity index (χ2v) is 8.41. The maximum absolute atomic E-state index is 12.4. The smallest absolute Gasteiger partial charge is 0.289 e. The zero-order valence-corrected chi connectivity index (χ0v) is 17.0. The van der Waals surface area contributed by atoms with Crippen LogP contribution in [0.15, 0.2) is 24.3 Å². The van der Waals surface area contributed by atoms with E-state index in [1.807, 2.05) is 4.90 Å². The summed E-state index contributed by atoms with van der Waals surface area (Å²) in [6.45, 7) is 7.68. The summed E-state index contributed by atoms with van der Waals surface area (Å²) in [4.78, 5) is 28.6. The fourth-order valence-electron chi connectivity index (χ4n) is 4.66. The lowest BCUT2D eigenvalue weighted by atomic mass is 9.94. The largest absolute Gasteiger partial charge is 0.333 e. The van der Waals surface area contributed by atoms with Crippen molar-refractivity contribution in [1.29, 1.82) is 0 Å². The number of piperidine rings is 1. The number of carbonyl (C=O) groups excluding carboxylic acids is 2. The molecule has 1 aromatic carbocycles. The van der Waals surface area contributed by atoms with Crippen LogP contribution in [0.25, 0.3) is 0 Å². The number of benzene rings is 1. The third kappa shape index (κ3) is 5.41. The first-order valence-electron chi connectivity index (χ1n) is 10.6. The van der Waals surface area contributed by atoms with E-state index in [1.54, 1.807) is 0 Å². The Labute approximate surface area is 163 Å². The summed E-state index contributed by atoms with van der Waals surface area (Å²) >= 11 is 0. The average Bonchev–Trinajstić information content (AvgIpc) is 3.20. The molecule has 1 amide bonds. The highest BCUT2D eigenvalue weighted by atomic mass is 16.2. The first kappa shape index (κ1) is 20.1. The van der Waals surface area contributed by atoms with Gasteiger partial charge in [-0.3, -0.25) is 9.59 Å². The molecule has 148 valence electrons. The molecule has 4 heteroatoms. The molecule has 4 nitrogen and oxygen atoms in total. The third-order valence-corrected chi connectivity index (χ3v) is 6.45. The number of likely N-dealkylation sites (tertiary alicyclic amines) is 1. The Morgan fingerprint density at radius 2 is 1.74 bits per heavy atom. The Hall–Kier alpha value is -1.68. The van der Waals surface area contributed by atoms with Crippen molar-refractivity contribution in [3.8, 4) is 0 Å². The third-order valence-electron chi connectivity index (χ3n) is 6.45. The number of ketones is 1. The fourth-order valence-corrected chi connectivity index (χ4v) is 4.66. The van der Waals surface area contributed by atoms with Gasteiger partial charge in [0.15, 0.2) is 0 Å². The van der Waals surface area contributed by atoms with Crippen LogP contribution in [0.5, 0.6) is 0 Å². The first-order chi connectivity index (χ1) is 13.0. The van der Waals surface area contributed by atoms with Crippen LogP contribution in [-0.4, -0.2) is 53.7 Å². The number of carbonyl (C=O) groups is 2. The van der Waals surface area contributed by atoms with E-state index in [0.29, 0.717) is 12.0 Å². The Bertz CT molecular complexity index is 644. The molecule has 0 bridgehead atoms. The minimum absolute atomic E-state index is 0.260. The Morgan fingerprint density at radius 3 is 2.37 bits per heavy atom. The molecule has 2 fully saturated rings. The molecule has 3 rings (SSSR count). The second-order valence-electron chi connectivity index (χ2n) is 8.41. The highest BCUT2D eigenvalue weighted by Gasteiger charge is 2.31. The Morgan fingerprint density at radius 1 is 1.07 bits per heavy atom. The second kappa shape index (κ2) is 9.50. The zero-order chi connectivity index (χ0) is 19.2. The van der Waals surface area contributed by atoms with Crippen molar-refractivity contribution in [2.75, 3.05) is 26.2 Å². The summed E-state index contributed by atoms with van der Waals surface area (Å²) in [5.41, 5.74) is 2.82. The highest BCUT2D eigenvalue weighted by molar-refractivity contribution is 6.35. The van der Waals surface area contributed by atoms with Gasteiger partial charge in [0.25, 0.3) is 5.91 Å². The molecule has 0 N–H and O–H groups in total. The molecule has 27 heavy (non-hydrogen) atoms. The zero-order valence-electron chi connectivity index (χ0n) is 17.0. The van der Waals surface area contributed by atoms with Gasteiger partial charge in [0.2, 0.25) is 5.78 Å². The molecule has 0 spiro atoms. The molecular formula is C23H34N2O2. The van der Waals surface area contributed by atoms with E-state index in [0.717, 1.165) is 58.3 Å². The fraction of sp³-hybridized carbons (Fsp3) is 0.652. The number of amides is 1. The lowest BCUT2D eigenvalue weighted by Crippen LogP contribution is -2.47. The van der Waals surface area contributed by atoms with Crippen LogP contribution in [0.3, 0.4) is 0 Å². The molecule has 2 aliphatic rings. The van der Waals surface area contributed by atoms with Gasteiger partial charge in [0.1, 0.15) is 0 Å². The standard InChI is InChI=1S/C23H34N2O2/c1-18-7-3-4-8-21(18)13-16-24-14-11-20(12-15-24)17-25(23(27)19(2)26)22-9-5-6-10-22/h3-4,7-8,20,22H,5-6,9-17H2,1-2H3. The van der Waals surface area contributed by atoms with E-state index in [9.17, 15) is 9.59 Å². The van der Waals surface area contributed by atoms with Gasteiger partial charge in [-0.2, -0.15) is 0 Å². The minimum atomic E-state index is -0.308. The summed E-state index contributed by atoms with van der Waals surface area (Å²) < 4.78 is 0. The maximum Gasteiger partial charge on any atom is 0.289 e. The van der Waals surface area contributed by atoms with Gasteiger partial charge < -0.3 is 9.80 Å². The first-order valence-corrected chi connectivity index (χ1v) is 10.6. The van der Waals surface area contributed by atoms with Crippen molar-refractivity contribution in [3.05, 3.63) is 35.4 Å². The number of aryl methyl sites for hydroxylation is 1. The number of nitrogens with zero attached hydrogens (tertiary/aromatic N) is 2. The number of Topliss-reactive ketones (excluding diaryl/α,β-unsaturated/α-hetero) is 1. The highest BCUT2D eigenvalue weighted by Crippen LogP contribution is 2.27. The maximum atomic E-state index is 12.4. The Balaban J connectivity index is 1.48. The molecular weight excluding hydrogens is 336 g/mol. The number of hydrogen-bond donors (Lipinski definition) is 0. The van der Waals surface area contributed by atoms with Crippen molar-refractivity contribution in [3.63, 3.8) is 0 Å². The predicted molar refractivity (Wildman–Crippen MR) is 109 cm³/mol. The van der Waals surface area contributed by atoms with E-state index >= 15 is 0 Å². The molecule has 0 radical (unpaired) electrons. The number of hydrogen-bond acceptors (Lipinski definition) is 3. The molecule has 0 unspecified atom stereocenters. The lowest BCUT2D eigenvalue weighted by Gasteiger charge is -2.37. The van der Waals surface area contributed by atoms with Gasteiger partial charge in [-0.05, 0) is 69.2 Å². The average molecular weight is 371 g/mol. The van der Waals surface area contributed by atoms with Crippen molar-refractivity contribution in [1.82, 2.24) is 9.80 Å². The van der Waals surface area contributed by atoms with Crippen LogP contribution in [0.2, 0.25) is 0 Å². The number of rotatable bonds is 7. The molecule has 1 saturated carbocycles. The van der Waals surface area contributed by atoms with Crippen LogP contribution >= 0.6 is 0 Å². The molecule has 1 heterocycles. The molecule has 0 aromatic heterocycles. The summed E-state index contributed by atoms with van der Waals surface area (Å²) in [5.74, 6) is -0.0370. The SMILES string of the molecule is CC(=O)C(=O)N(CC1CCN(CCc2ccccc2C)CC1)C1CCCC1. The Kier molecular flexibility index (Phi) is 7.06. The van der Waals surface area contributed by atoms with Crippen molar-refractivity contribution >= 4 is 11.7 Å². The van der Waals surface area contributed by atoms with Gasteiger partial charge in [-0.1, -0.05) is 37.1 Å². The molecule has 1 aromatic rings. The van der Waals surface area contributed by atoms with Crippen LogP contribution in [0.1, 0.15) is 56.6 Å². The summed E-state index contributed by atoms with van der Waals surface area (Å²) in [7, 11) is 0. The van der Waals surface area contributed by atoms with E-state index in [-0.39, 0.29) is 11.7 Å². The summed E-state index contributed by atoms with van der Waals surface area (Å²) in [6, 6.07) is 8.93. The molecule has 1 aliphatic heterocycles. The van der Waals surface area contributed by atoms with Gasteiger partial charge in [-0.15, -0.1) is 0 Å². The minimum Gasteiger partial charge on any atom is -0.333 e. The van der Waals surface area contributed by atoms with Crippen LogP contribution in [-0.2, 0) is 16.0 Å². The molecule has 1 aliphatic carbocycles. The normalized spacial score (nSPS) is 19.3. The van der Waals surface area contributed by atoms with E-state index in [1.165, 1.54) is 30.9 Å². The molecule has 1 saturated heterocycles. The predicted octanol–water partition coefficient (Wildman–Crippen LogP) is 3.61. The van der Waals surface area contributed by atoms with E-state index < -0.39 is 0 Å². The lowest BCUT2D eigenvalue weighted by molar-refractivity contribution is -0.145. The van der Waals surface area contributed by atoms with Gasteiger partial charge in [0, 0.05) is 26.1 Å². The van der Waals surface area contributed by atoms with Crippen LogP contribution in [0, 0.1) is 12.8 Å². The summed E-state index contributed by atoms with van der Waals surface area (Å²) in [6.07, 6.45) is 7.86. The summed E-state index contributed by atoms with van der Waals surface area (Å²) in [5, 5.41) is 0. The van der Waals surface area contributed by atoms with Gasteiger partial charge in [0.05, 0.1) is 0 Å². The quantitative estimate of drug-likeness (QED) is 0.689. The monoisotopic (exact) mass is 370 g/mol. The van der Waals surface area contributed by atoms with Crippen molar-refractivity contribution < 1.29 is 9.59 Å². The van der Waals surface area contributed by atoms with Crippen molar-refractivity contribution in [2.45, 2.75) is 64.8 Å².